The highest BCUT2D eigenvalue weighted by Gasteiger charge is 2.28. The van der Waals surface area contributed by atoms with Crippen molar-refractivity contribution in [3.63, 3.8) is 0 Å². The van der Waals surface area contributed by atoms with E-state index in [2.05, 4.69) is 15.6 Å². The average Bonchev–Trinajstić information content (AvgIpc) is 2.59. The fourth-order valence-corrected chi connectivity index (χ4v) is 3.19. The number of fused-ring (bicyclic) bond motifs is 1. The van der Waals surface area contributed by atoms with Crippen molar-refractivity contribution < 1.29 is 9.59 Å². The molecule has 0 spiro atoms. The monoisotopic (exact) mass is 327 g/mol. The van der Waals surface area contributed by atoms with E-state index in [-0.39, 0.29) is 11.8 Å². The Labute approximate surface area is 138 Å². The van der Waals surface area contributed by atoms with Crippen LogP contribution in [0.1, 0.15) is 15.9 Å². The third-order valence-corrected chi connectivity index (χ3v) is 4.54. The molecule has 1 aromatic heterocycles. The van der Waals surface area contributed by atoms with Crippen molar-refractivity contribution in [3.05, 3.63) is 59.8 Å². The molecule has 0 aliphatic carbocycles. The molecule has 118 valence electrons. The number of amides is 2. The Bertz CT molecular complexity index is 706. The number of benzene rings is 1. The molecule has 2 aromatic rings. The van der Waals surface area contributed by atoms with E-state index in [1.807, 2.05) is 36.4 Å². The summed E-state index contributed by atoms with van der Waals surface area (Å²) in [5.41, 5.74) is 1.57. The summed E-state index contributed by atoms with van der Waals surface area (Å²) in [6, 6.07) is 12.6. The first-order chi connectivity index (χ1) is 11.2. The van der Waals surface area contributed by atoms with Crippen LogP contribution < -0.4 is 10.6 Å². The van der Waals surface area contributed by atoms with Gasteiger partial charge in [0.15, 0.2) is 0 Å². The normalized spacial score (nSPS) is 16.3. The van der Waals surface area contributed by atoms with Crippen LogP contribution in [0.25, 0.3) is 0 Å². The maximum Gasteiger partial charge on any atom is 0.252 e. The lowest BCUT2D eigenvalue weighted by Gasteiger charge is -2.24. The molecule has 1 aromatic carbocycles. The number of carbonyl (C=O) groups excluding carboxylic acids is 2. The summed E-state index contributed by atoms with van der Waals surface area (Å²) in [4.78, 5) is 28.4. The zero-order valence-corrected chi connectivity index (χ0v) is 13.3. The van der Waals surface area contributed by atoms with E-state index in [9.17, 15) is 9.59 Å². The lowest BCUT2D eigenvalue weighted by atomic mass is 9.95. The van der Waals surface area contributed by atoms with Gasteiger partial charge in [0, 0.05) is 30.5 Å². The summed E-state index contributed by atoms with van der Waals surface area (Å²) in [7, 11) is 0. The lowest BCUT2D eigenvalue weighted by molar-refractivity contribution is -0.122. The number of hydrogen-bond acceptors (Lipinski definition) is 4. The summed E-state index contributed by atoms with van der Waals surface area (Å²) in [6.45, 7) is 0.536. The van der Waals surface area contributed by atoms with Gasteiger partial charge < -0.3 is 10.6 Å². The summed E-state index contributed by atoms with van der Waals surface area (Å²) < 4.78 is 0. The van der Waals surface area contributed by atoms with Crippen LogP contribution in [0.15, 0.2) is 53.7 Å². The third-order valence-electron chi connectivity index (χ3n) is 3.60. The summed E-state index contributed by atoms with van der Waals surface area (Å²) in [5, 5.41) is 6.56. The minimum Gasteiger partial charge on any atom is -0.353 e. The smallest absolute Gasteiger partial charge is 0.252 e. The third kappa shape index (κ3) is 3.90. The molecule has 2 N–H and O–H groups in total. The second-order valence-electron chi connectivity index (χ2n) is 5.19. The predicted octanol–water partition coefficient (Wildman–Crippen LogP) is 1.64. The van der Waals surface area contributed by atoms with Gasteiger partial charge in [-0.2, -0.15) is 0 Å². The highest BCUT2D eigenvalue weighted by molar-refractivity contribution is 7.99. The highest BCUT2D eigenvalue weighted by Crippen LogP contribution is 2.16. The van der Waals surface area contributed by atoms with E-state index in [0.29, 0.717) is 18.5 Å². The Morgan fingerprint density at radius 2 is 2.09 bits per heavy atom. The van der Waals surface area contributed by atoms with E-state index in [1.165, 1.54) is 0 Å². The minimum atomic E-state index is -0.503. The van der Waals surface area contributed by atoms with Crippen molar-refractivity contribution >= 4 is 23.6 Å². The predicted molar refractivity (Wildman–Crippen MR) is 89.4 cm³/mol. The Morgan fingerprint density at radius 3 is 2.91 bits per heavy atom. The van der Waals surface area contributed by atoms with Crippen LogP contribution in [0.3, 0.4) is 0 Å². The van der Waals surface area contributed by atoms with Gasteiger partial charge in [0.25, 0.3) is 5.91 Å². The number of hydrogen-bond donors (Lipinski definition) is 2. The van der Waals surface area contributed by atoms with Crippen LogP contribution >= 0.6 is 11.8 Å². The van der Waals surface area contributed by atoms with Gasteiger partial charge in [-0.25, -0.2) is 4.98 Å². The molecule has 0 unspecified atom stereocenters. The molecule has 0 fully saturated rings. The standard InChI is InChI=1S/C17H17N3O2S/c21-16-13-6-2-1-5-12(13)11-14(20-16)17(22)19-9-10-23-15-7-3-4-8-18-15/h1-8,14H,9-11H2,(H,19,22)(H,20,21)/t14-/m0/s1. The number of rotatable bonds is 5. The Balaban J connectivity index is 1.49. The molecule has 2 amide bonds. The number of aromatic nitrogens is 1. The molecule has 5 nitrogen and oxygen atoms in total. The van der Waals surface area contributed by atoms with Crippen LogP contribution in [0, 0.1) is 0 Å². The van der Waals surface area contributed by atoms with Crippen LogP contribution in [0.4, 0.5) is 0 Å². The van der Waals surface area contributed by atoms with E-state index in [4.69, 9.17) is 0 Å². The Hall–Kier alpha value is -2.34. The number of thioether (sulfide) groups is 1. The van der Waals surface area contributed by atoms with Gasteiger partial charge in [-0.05, 0) is 23.8 Å². The van der Waals surface area contributed by atoms with E-state index in [1.54, 1.807) is 24.0 Å². The summed E-state index contributed by atoms with van der Waals surface area (Å²) in [5.74, 6) is 0.407. The SMILES string of the molecule is O=C1N[C@H](C(=O)NCCSc2ccccn2)Cc2ccccc21. The fraction of sp³-hybridized carbons (Fsp3) is 0.235. The number of nitrogens with zero attached hydrogens (tertiary/aromatic N) is 1. The fourth-order valence-electron chi connectivity index (χ4n) is 2.47. The van der Waals surface area contributed by atoms with Gasteiger partial charge in [0.05, 0.1) is 5.03 Å². The molecule has 2 heterocycles. The molecule has 23 heavy (non-hydrogen) atoms. The first-order valence-electron chi connectivity index (χ1n) is 7.44. The quantitative estimate of drug-likeness (QED) is 0.647. The van der Waals surface area contributed by atoms with Gasteiger partial charge in [-0.1, -0.05) is 24.3 Å². The summed E-state index contributed by atoms with van der Waals surface area (Å²) >= 11 is 1.59. The maximum atomic E-state index is 12.2. The Morgan fingerprint density at radius 1 is 1.26 bits per heavy atom. The molecule has 1 aliphatic heterocycles. The van der Waals surface area contributed by atoms with Crippen molar-refractivity contribution in [3.8, 4) is 0 Å². The first kappa shape index (κ1) is 15.6. The first-order valence-corrected chi connectivity index (χ1v) is 8.43. The molecular formula is C17H17N3O2S. The average molecular weight is 327 g/mol. The maximum absolute atomic E-state index is 12.2. The number of nitrogens with one attached hydrogen (secondary N) is 2. The molecule has 0 saturated carbocycles. The molecule has 1 aliphatic rings. The van der Waals surface area contributed by atoms with Crippen LogP contribution in [0.2, 0.25) is 0 Å². The van der Waals surface area contributed by atoms with E-state index < -0.39 is 6.04 Å². The molecule has 0 saturated heterocycles. The van der Waals surface area contributed by atoms with Gasteiger partial charge in [0.1, 0.15) is 6.04 Å². The zero-order valence-electron chi connectivity index (χ0n) is 12.5. The van der Waals surface area contributed by atoms with Gasteiger partial charge >= 0.3 is 0 Å². The van der Waals surface area contributed by atoms with Crippen LogP contribution in [0.5, 0.6) is 0 Å². The second kappa shape index (κ2) is 7.28. The van der Waals surface area contributed by atoms with E-state index in [0.717, 1.165) is 16.3 Å². The van der Waals surface area contributed by atoms with Crippen molar-refractivity contribution in [1.29, 1.82) is 0 Å². The van der Waals surface area contributed by atoms with Gasteiger partial charge in [0.2, 0.25) is 5.91 Å². The van der Waals surface area contributed by atoms with Crippen molar-refractivity contribution in [2.75, 3.05) is 12.3 Å². The van der Waals surface area contributed by atoms with E-state index >= 15 is 0 Å². The molecule has 0 radical (unpaired) electrons. The topological polar surface area (TPSA) is 71.1 Å². The van der Waals surface area contributed by atoms with Crippen molar-refractivity contribution in [2.45, 2.75) is 17.5 Å². The molecular weight excluding hydrogens is 310 g/mol. The largest absolute Gasteiger partial charge is 0.353 e. The number of pyridine rings is 1. The summed E-state index contributed by atoms with van der Waals surface area (Å²) in [6.07, 6.45) is 2.27. The minimum absolute atomic E-state index is 0.144. The van der Waals surface area contributed by atoms with Crippen molar-refractivity contribution in [2.24, 2.45) is 0 Å². The lowest BCUT2D eigenvalue weighted by Crippen LogP contribution is -2.51. The molecule has 6 heteroatoms. The Kier molecular flexibility index (Phi) is 4.92. The molecule has 3 rings (SSSR count). The molecule has 1 atom stereocenters. The van der Waals surface area contributed by atoms with Crippen LogP contribution in [-0.2, 0) is 11.2 Å². The van der Waals surface area contributed by atoms with Gasteiger partial charge in [-0.15, -0.1) is 11.8 Å². The van der Waals surface area contributed by atoms with Crippen molar-refractivity contribution in [1.82, 2.24) is 15.6 Å². The molecule has 0 bridgehead atoms. The second-order valence-corrected chi connectivity index (χ2v) is 6.31. The highest BCUT2D eigenvalue weighted by atomic mass is 32.2. The van der Waals surface area contributed by atoms with Gasteiger partial charge in [-0.3, -0.25) is 9.59 Å². The zero-order chi connectivity index (χ0) is 16.1. The number of carbonyl (C=O) groups is 2. The van der Waals surface area contributed by atoms with Crippen LogP contribution in [-0.4, -0.2) is 35.1 Å².